The molecule has 22 heavy (non-hydrogen) atoms. The molecular weight excluding hydrogens is 307 g/mol. The highest BCUT2D eigenvalue weighted by Crippen LogP contribution is 2.41. The van der Waals surface area contributed by atoms with E-state index in [1.54, 1.807) is 0 Å². The van der Waals surface area contributed by atoms with Crippen LogP contribution < -0.4 is 0 Å². The van der Waals surface area contributed by atoms with E-state index in [4.69, 9.17) is 0 Å². The molecule has 0 heterocycles. The van der Waals surface area contributed by atoms with Gasteiger partial charge in [-0.15, -0.1) is 0 Å². The van der Waals surface area contributed by atoms with Crippen LogP contribution in [0.2, 0.25) is 0 Å². The average molecular weight is 324 g/mol. The predicted molar refractivity (Wildman–Crippen MR) is 68.9 cm³/mol. The van der Waals surface area contributed by atoms with Crippen molar-refractivity contribution in [2.75, 3.05) is 0 Å². The van der Waals surface area contributed by atoms with Gasteiger partial charge in [0.25, 0.3) is 0 Å². The van der Waals surface area contributed by atoms with Gasteiger partial charge in [-0.05, 0) is 56.2 Å². The van der Waals surface area contributed by atoms with Crippen LogP contribution in [-0.2, 0) is 6.18 Å². The van der Waals surface area contributed by atoms with Gasteiger partial charge in [0, 0.05) is 5.92 Å². The molecule has 1 aliphatic carbocycles. The van der Waals surface area contributed by atoms with Crippen LogP contribution in [0.15, 0.2) is 12.1 Å². The number of benzene rings is 1. The molecule has 0 atom stereocenters. The van der Waals surface area contributed by atoms with E-state index in [0.717, 1.165) is 12.1 Å². The van der Waals surface area contributed by atoms with E-state index in [1.165, 1.54) is 6.92 Å². The lowest BCUT2D eigenvalue weighted by Crippen LogP contribution is -2.36. The summed E-state index contributed by atoms with van der Waals surface area (Å²) in [5.74, 6) is -5.68. The van der Waals surface area contributed by atoms with Gasteiger partial charge in [-0.25, -0.2) is 8.78 Å². The average Bonchev–Trinajstić information content (AvgIpc) is 2.35. The molecule has 124 valence electrons. The van der Waals surface area contributed by atoms with E-state index in [2.05, 4.69) is 0 Å². The molecule has 0 spiro atoms. The van der Waals surface area contributed by atoms with Crippen molar-refractivity contribution in [3.8, 4) is 0 Å². The van der Waals surface area contributed by atoms with Crippen molar-refractivity contribution in [2.45, 2.75) is 50.5 Å². The SMILES string of the molecule is CC(O)(O)C1CCC(c2cc(F)c(C(F)(F)F)c(F)c2)CC1. The molecule has 0 unspecified atom stereocenters. The van der Waals surface area contributed by atoms with Crippen molar-refractivity contribution in [3.05, 3.63) is 34.9 Å². The Labute approximate surface area is 124 Å². The second kappa shape index (κ2) is 5.77. The lowest BCUT2D eigenvalue weighted by molar-refractivity contribution is -0.192. The summed E-state index contributed by atoms with van der Waals surface area (Å²) in [5.41, 5.74) is -1.69. The quantitative estimate of drug-likeness (QED) is 0.639. The number of aliphatic hydroxyl groups is 2. The highest BCUT2D eigenvalue weighted by Gasteiger charge is 2.39. The van der Waals surface area contributed by atoms with Crippen LogP contribution in [0.1, 0.15) is 49.7 Å². The van der Waals surface area contributed by atoms with E-state index in [1.807, 2.05) is 0 Å². The van der Waals surface area contributed by atoms with Gasteiger partial charge >= 0.3 is 6.18 Å². The zero-order valence-corrected chi connectivity index (χ0v) is 11.9. The van der Waals surface area contributed by atoms with Crippen molar-refractivity contribution in [2.24, 2.45) is 5.92 Å². The minimum Gasteiger partial charge on any atom is -0.366 e. The molecule has 2 nitrogen and oxygen atoms in total. The van der Waals surface area contributed by atoms with Crippen LogP contribution in [-0.4, -0.2) is 16.0 Å². The van der Waals surface area contributed by atoms with Gasteiger partial charge in [0.1, 0.15) is 17.2 Å². The molecule has 1 fully saturated rings. The molecule has 0 bridgehead atoms. The summed E-state index contributed by atoms with van der Waals surface area (Å²) in [7, 11) is 0. The van der Waals surface area contributed by atoms with Crippen molar-refractivity contribution in [1.29, 1.82) is 0 Å². The fraction of sp³-hybridized carbons (Fsp3) is 0.600. The van der Waals surface area contributed by atoms with Gasteiger partial charge in [-0.3, -0.25) is 0 Å². The predicted octanol–water partition coefficient (Wildman–Crippen LogP) is 3.96. The van der Waals surface area contributed by atoms with E-state index in [-0.39, 0.29) is 17.4 Å². The van der Waals surface area contributed by atoms with Crippen molar-refractivity contribution < 1.29 is 32.2 Å². The Hall–Kier alpha value is -1.21. The molecule has 2 rings (SSSR count). The maximum Gasteiger partial charge on any atom is 0.422 e. The summed E-state index contributed by atoms with van der Waals surface area (Å²) in [6, 6.07) is 1.46. The number of alkyl halides is 3. The molecule has 7 heteroatoms. The van der Waals surface area contributed by atoms with Crippen LogP contribution in [0.3, 0.4) is 0 Å². The summed E-state index contributed by atoms with van der Waals surface area (Å²) in [5, 5.41) is 19.0. The van der Waals surface area contributed by atoms with Gasteiger partial charge < -0.3 is 10.2 Å². The summed E-state index contributed by atoms with van der Waals surface area (Å²) in [4.78, 5) is 0. The lowest BCUT2D eigenvalue weighted by Gasteiger charge is -2.34. The van der Waals surface area contributed by atoms with Crippen LogP contribution >= 0.6 is 0 Å². The molecule has 1 aliphatic rings. The molecule has 2 N–H and O–H groups in total. The van der Waals surface area contributed by atoms with Gasteiger partial charge in [-0.1, -0.05) is 0 Å². The first-order valence-electron chi connectivity index (χ1n) is 7.01. The summed E-state index contributed by atoms with van der Waals surface area (Å²) < 4.78 is 64.8. The lowest BCUT2D eigenvalue weighted by atomic mass is 9.75. The largest absolute Gasteiger partial charge is 0.422 e. The summed E-state index contributed by atoms with van der Waals surface area (Å²) in [6.45, 7) is 1.27. The Bertz CT molecular complexity index is 517. The van der Waals surface area contributed by atoms with E-state index in [0.29, 0.717) is 25.7 Å². The molecule has 0 radical (unpaired) electrons. The van der Waals surface area contributed by atoms with Crippen molar-refractivity contribution in [1.82, 2.24) is 0 Å². The first-order valence-corrected chi connectivity index (χ1v) is 7.01. The minimum absolute atomic E-state index is 0.180. The second-order valence-corrected chi connectivity index (χ2v) is 6.00. The maximum atomic E-state index is 13.6. The number of hydrogen-bond acceptors (Lipinski definition) is 2. The summed E-state index contributed by atoms with van der Waals surface area (Å²) in [6.07, 6.45) is -3.34. The zero-order valence-electron chi connectivity index (χ0n) is 11.9. The zero-order chi connectivity index (χ0) is 16.7. The fourth-order valence-electron chi connectivity index (χ4n) is 3.07. The molecule has 0 aliphatic heterocycles. The molecule has 1 aromatic carbocycles. The smallest absolute Gasteiger partial charge is 0.366 e. The molecule has 0 aromatic heterocycles. The number of hydrogen-bond donors (Lipinski definition) is 2. The van der Waals surface area contributed by atoms with Gasteiger partial charge in [0.05, 0.1) is 0 Å². The third-order valence-electron chi connectivity index (χ3n) is 4.32. The Balaban J connectivity index is 2.19. The van der Waals surface area contributed by atoms with E-state index < -0.39 is 29.2 Å². The van der Waals surface area contributed by atoms with Crippen LogP contribution in [0.25, 0.3) is 0 Å². The third-order valence-corrected chi connectivity index (χ3v) is 4.32. The van der Waals surface area contributed by atoms with E-state index in [9.17, 15) is 32.2 Å². The standard InChI is InChI=1S/C15H17F5O2/c1-14(21,22)10-4-2-8(3-5-10)9-6-11(16)13(12(17)7-9)15(18,19)20/h6-8,10,21-22H,2-5H2,1H3. The first-order chi connectivity index (χ1) is 10.00. The highest BCUT2D eigenvalue weighted by atomic mass is 19.4. The fourth-order valence-corrected chi connectivity index (χ4v) is 3.07. The van der Waals surface area contributed by atoms with Crippen molar-refractivity contribution in [3.63, 3.8) is 0 Å². The minimum atomic E-state index is -5.07. The Morgan fingerprint density at radius 2 is 1.41 bits per heavy atom. The van der Waals surface area contributed by atoms with Crippen LogP contribution in [0.5, 0.6) is 0 Å². The molecule has 1 saturated carbocycles. The molecular formula is C15H17F5O2. The Kier molecular flexibility index (Phi) is 4.50. The molecule has 0 saturated heterocycles. The third kappa shape index (κ3) is 3.57. The first kappa shape index (κ1) is 17.1. The highest BCUT2D eigenvalue weighted by molar-refractivity contribution is 5.30. The topological polar surface area (TPSA) is 40.5 Å². The van der Waals surface area contributed by atoms with Gasteiger partial charge in [0.15, 0.2) is 5.79 Å². The molecule has 0 amide bonds. The Morgan fingerprint density at radius 1 is 0.955 bits per heavy atom. The second-order valence-electron chi connectivity index (χ2n) is 6.00. The maximum absolute atomic E-state index is 13.6. The van der Waals surface area contributed by atoms with Crippen LogP contribution in [0, 0.1) is 17.6 Å². The normalized spacial score (nSPS) is 23.6. The monoisotopic (exact) mass is 324 g/mol. The van der Waals surface area contributed by atoms with Gasteiger partial charge in [0.2, 0.25) is 0 Å². The van der Waals surface area contributed by atoms with Crippen LogP contribution in [0.4, 0.5) is 22.0 Å². The Morgan fingerprint density at radius 3 is 1.77 bits per heavy atom. The van der Waals surface area contributed by atoms with Gasteiger partial charge in [-0.2, -0.15) is 13.2 Å². The summed E-state index contributed by atoms with van der Waals surface area (Å²) >= 11 is 0. The molecule has 1 aromatic rings. The number of rotatable bonds is 2. The van der Waals surface area contributed by atoms with E-state index >= 15 is 0 Å². The number of halogens is 5. The van der Waals surface area contributed by atoms with Crippen molar-refractivity contribution >= 4 is 0 Å².